The quantitative estimate of drug-likeness (QED) is 0.675. The fourth-order valence-corrected chi connectivity index (χ4v) is 1.69. The van der Waals surface area contributed by atoms with Crippen molar-refractivity contribution in [2.45, 2.75) is 6.92 Å². The van der Waals surface area contributed by atoms with Gasteiger partial charge in [-0.15, -0.1) is 11.3 Å². The molecule has 13 heavy (non-hydrogen) atoms. The minimum Gasteiger partial charge on any atom is -0.241 e. The van der Waals surface area contributed by atoms with Gasteiger partial charge in [0.1, 0.15) is 11.3 Å². The van der Waals surface area contributed by atoms with E-state index in [1.54, 1.807) is 17.4 Å². The van der Waals surface area contributed by atoms with E-state index in [-0.39, 0.29) is 0 Å². The zero-order valence-corrected chi connectivity index (χ0v) is 8.49. The largest absolute Gasteiger partial charge is 0.241 e. The van der Waals surface area contributed by atoms with E-state index in [1.165, 1.54) is 0 Å². The maximum absolute atomic E-state index is 5.64. The van der Waals surface area contributed by atoms with Gasteiger partial charge in [0, 0.05) is 10.9 Å². The first-order valence-electron chi connectivity index (χ1n) is 3.72. The van der Waals surface area contributed by atoms with E-state index < -0.39 is 0 Å². The number of hydrogen-bond donors (Lipinski definition) is 0. The molecular weight excluding hydrogens is 204 g/mol. The van der Waals surface area contributed by atoms with Crippen molar-refractivity contribution < 1.29 is 0 Å². The van der Waals surface area contributed by atoms with Crippen molar-refractivity contribution in [2.75, 3.05) is 0 Å². The zero-order valence-electron chi connectivity index (χ0n) is 6.91. The standard InChI is InChI=1S/C9H6ClN2S/c1-6-12-8(5-13-6)7-2-3-9(10)11-4-7/h2-3,5H,1H3. The Kier molecular flexibility index (Phi) is 2.29. The van der Waals surface area contributed by atoms with Crippen LogP contribution in [-0.4, -0.2) is 9.97 Å². The third kappa shape index (κ3) is 1.87. The average Bonchev–Trinajstić information content (AvgIpc) is 2.53. The Morgan fingerprint density at radius 1 is 1.46 bits per heavy atom. The Bertz CT molecular complexity index is 408. The lowest BCUT2D eigenvalue weighted by Crippen LogP contribution is -1.81. The molecule has 0 amide bonds. The second-order valence-electron chi connectivity index (χ2n) is 2.55. The van der Waals surface area contributed by atoms with Crippen LogP contribution < -0.4 is 0 Å². The molecule has 4 heteroatoms. The molecule has 0 aromatic carbocycles. The van der Waals surface area contributed by atoms with E-state index in [0.717, 1.165) is 16.3 Å². The number of pyridine rings is 1. The molecule has 2 heterocycles. The van der Waals surface area contributed by atoms with Gasteiger partial charge in [0.2, 0.25) is 0 Å². The monoisotopic (exact) mass is 209 g/mol. The molecule has 0 fully saturated rings. The number of thiazole rings is 1. The summed E-state index contributed by atoms with van der Waals surface area (Å²) in [7, 11) is 0. The molecule has 0 atom stereocenters. The third-order valence-corrected chi connectivity index (χ3v) is 2.55. The summed E-state index contributed by atoms with van der Waals surface area (Å²) in [6, 6.07) is 3.60. The van der Waals surface area contributed by atoms with Gasteiger partial charge in [-0.1, -0.05) is 11.6 Å². The molecule has 0 saturated carbocycles. The van der Waals surface area contributed by atoms with Crippen molar-refractivity contribution in [1.82, 2.24) is 9.97 Å². The molecule has 1 radical (unpaired) electrons. The van der Waals surface area contributed by atoms with E-state index >= 15 is 0 Å². The molecule has 65 valence electrons. The minimum atomic E-state index is 0.454. The van der Waals surface area contributed by atoms with Crippen molar-refractivity contribution in [3.63, 3.8) is 0 Å². The smallest absolute Gasteiger partial charge is 0.129 e. The Labute approximate surface area is 85.2 Å². The number of rotatable bonds is 1. The SMILES string of the molecule is Cc1nc(-c2[c]nc(Cl)cc2)cs1. The van der Waals surface area contributed by atoms with Crippen LogP contribution in [0, 0.1) is 13.1 Å². The molecule has 0 saturated heterocycles. The van der Waals surface area contributed by atoms with Gasteiger partial charge in [-0.05, 0) is 19.1 Å². The molecule has 2 nitrogen and oxygen atoms in total. The molecule has 2 aromatic heterocycles. The summed E-state index contributed by atoms with van der Waals surface area (Å²) in [6.45, 7) is 1.97. The van der Waals surface area contributed by atoms with Crippen LogP contribution in [0.3, 0.4) is 0 Å². The van der Waals surface area contributed by atoms with Gasteiger partial charge in [-0.25, -0.2) is 9.97 Å². The van der Waals surface area contributed by atoms with E-state index in [2.05, 4.69) is 16.2 Å². The highest BCUT2D eigenvalue weighted by Crippen LogP contribution is 2.20. The maximum Gasteiger partial charge on any atom is 0.129 e. The Balaban J connectivity index is 2.41. The molecule has 0 aliphatic heterocycles. The van der Waals surface area contributed by atoms with Crippen LogP contribution in [0.4, 0.5) is 0 Å². The Hall–Kier alpha value is -0.930. The van der Waals surface area contributed by atoms with E-state index in [4.69, 9.17) is 11.6 Å². The van der Waals surface area contributed by atoms with Crippen LogP contribution >= 0.6 is 22.9 Å². The normalized spacial score (nSPS) is 10.3. The second-order valence-corrected chi connectivity index (χ2v) is 3.99. The molecule has 0 unspecified atom stereocenters. The highest BCUT2D eigenvalue weighted by atomic mass is 35.5. The Morgan fingerprint density at radius 2 is 2.31 bits per heavy atom. The van der Waals surface area contributed by atoms with Crippen molar-refractivity contribution in [1.29, 1.82) is 0 Å². The Morgan fingerprint density at radius 3 is 2.85 bits per heavy atom. The van der Waals surface area contributed by atoms with Gasteiger partial charge in [0.25, 0.3) is 0 Å². The van der Waals surface area contributed by atoms with Gasteiger partial charge in [-0.3, -0.25) is 0 Å². The zero-order chi connectivity index (χ0) is 9.26. The highest BCUT2D eigenvalue weighted by Gasteiger charge is 2.02. The molecule has 0 aliphatic rings. The van der Waals surface area contributed by atoms with Crippen LogP contribution in [0.15, 0.2) is 17.5 Å². The predicted octanol–water partition coefficient (Wildman–Crippen LogP) is 2.97. The van der Waals surface area contributed by atoms with Crippen LogP contribution in [0.5, 0.6) is 0 Å². The molecule has 2 rings (SSSR count). The summed E-state index contributed by atoms with van der Waals surface area (Å²) in [5.41, 5.74) is 1.79. The van der Waals surface area contributed by atoms with Crippen LogP contribution in [-0.2, 0) is 0 Å². The average molecular weight is 210 g/mol. The summed E-state index contributed by atoms with van der Waals surface area (Å²) in [5.74, 6) is 0. The molecule has 0 spiro atoms. The number of hydrogen-bond acceptors (Lipinski definition) is 3. The summed E-state index contributed by atoms with van der Waals surface area (Å²) in [4.78, 5) is 8.18. The van der Waals surface area contributed by atoms with Crippen molar-refractivity contribution >= 4 is 22.9 Å². The molecule has 0 aliphatic carbocycles. The molecule has 0 N–H and O–H groups in total. The lowest BCUT2D eigenvalue weighted by molar-refractivity contribution is 1.26. The summed E-state index contributed by atoms with van der Waals surface area (Å²) in [6.07, 6.45) is 2.83. The van der Waals surface area contributed by atoms with Gasteiger partial charge < -0.3 is 0 Å². The van der Waals surface area contributed by atoms with Crippen LogP contribution in [0.25, 0.3) is 11.3 Å². The number of aryl methyl sites for hydroxylation is 1. The topological polar surface area (TPSA) is 25.8 Å². The highest BCUT2D eigenvalue weighted by molar-refractivity contribution is 7.09. The summed E-state index contributed by atoms with van der Waals surface area (Å²) < 4.78 is 0. The lowest BCUT2D eigenvalue weighted by atomic mass is 10.2. The van der Waals surface area contributed by atoms with Crippen molar-refractivity contribution in [3.8, 4) is 11.3 Å². The number of nitrogens with zero attached hydrogens (tertiary/aromatic N) is 2. The number of halogens is 1. The summed E-state index contributed by atoms with van der Waals surface area (Å²) in [5, 5.41) is 3.48. The lowest BCUT2D eigenvalue weighted by Gasteiger charge is -1.93. The number of aromatic nitrogens is 2. The second kappa shape index (κ2) is 3.44. The van der Waals surface area contributed by atoms with Gasteiger partial charge >= 0.3 is 0 Å². The van der Waals surface area contributed by atoms with E-state index in [1.807, 2.05) is 18.4 Å². The first-order valence-corrected chi connectivity index (χ1v) is 4.98. The fourth-order valence-electron chi connectivity index (χ4n) is 0.970. The minimum absolute atomic E-state index is 0.454. The predicted molar refractivity (Wildman–Crippen MR) is 53.9 cm³/mol. The van der Waals surface area contributed by atoms with Crippen molar-refractivity contribution in [2.24, 2.45) is 0 Å². The van der Waals surface area contributed by atoms with Crippen LogP contribution in [0.2, 0.25) is 5.15 Å². The van der Waals surface area contributed by atoms with Gasteiger partial charge in [-0.2, -0.15) is 0 Å². The van der Waals surface area contributed by atoms with Crippen LogP contribution in [0.1, 0.15) is 5.01 Å². The van der Waals surface area contributed by atoms with Gasteiger partial charge in [0.15, 0.2) is 0 Å². The van der Waals surface area contributed by atoms with E-state index in [9.17, 15) is 0 Å². The fraction of sp³-hybridized carbons (Fsp3) is 0.111. The molecule has 0 bridgehead atoms. The summed E-state index contributed by atoms with van der Waals surface area (Å²) >= 11 is 7.26. The van der Waals surface area contributed by atoms with E-state index in [0.29, 0.717) is 5.15 Å². The first kappa shape index (κ1) is 8.66. The molecule has 2 aromatic rings. The molecular formula is C9H6ClN2S. The maximum atomic E-state index is 5.64. The van der Waals surface area contributed by atoms with Crippen molar-refractivity contribution in [3.05, 3.63) is 33.9 Å². The third-order valence-electron chi connectivity index (χ3n) is 1.57. The first-order chi connectivity index (χ1) is 6.25. The van der Waals surface area contributed by atoms with Gasteiger partial charge in [0.05, 0.1) is 10.7 Å².